The van der Waals surface area contributed by atoms with Gasteiger partial charge in [-0.15, -0.1) is 0 Å². The van der Waals surface area contributed by atoms with Gasteiger partial charge in [0.05, 0.1) is 15.7 Å². The Hall–Kier alpha value is -1.56. The zero-order chi connectivity index (χ0) is 15.4. The molecule has 0 unspecified atom stereocenters. The summed E-state index contributed by atoms with van der Waals surface area (Å²) in [5.74, 6) is -0.121. The van der Waals surface area contributed by atoms with Gasteiger partial charge in [-0.05, 0) is 31.3 Å². The van der Waals surface area contributed by atoms with E-state index < -0.39 is 0 Å². The number of halogens is 2. The van der Waals surface area contributed by atoms with Gasteiger partial charge in [-0.1, -0.05) is 23.2 Å². The largest absolute Gasteiger partial charge is 0.339 e. The van der Waals surface area contributed by atoms with E-state index in [-0.39, 0.29) is 5.91 Å². The number of hydrogen-bond donors (Lipinski definition) is 1. The maximum atomic E-state index is 12.2. The molecular formula is C14H16Cl2N4O. The van der Waals surface area contributed by atoms with Crippen LogP contribution in [0.25, 0.3) is 5.69 Å². The normalized spacial score (nSPS) is 10.7. The van der Waals surface area contributed by atoms with E-state index in [1.54, 1.807) is 47.1 Å². The van der Waals surface area contributed by atoms with Crippen molar-refractivity contribution >= 4 is 29.1 Å². The van der Waals surface area contributed by atoms with Gasteiger partial charge >= 0.3 is 0 Å². The second kappa shape index (κ2) is 6.93. The van der Waals surface area contributed by atoms with E-state index in [9.17, 15) is 4.79 Å². The van der Waals surface area contributed by atoms with E-state index in [1.165, 1.54) is 0 Å². The molecule has 112 valence electrons. The predicted octanol–water partition coefficient (Wildman–Crippen LogP) is 2.47. The van der Waals surface area contributed by atoms with Crippen molar-refractivity contribution in [1.29, 1.82) is 0 Å². The summed E-state index contributed by atoms with van der Waals surface area (Å²) in [7, 11) is 3.59. The molecule has 0 bridgehead atoms. The maximum absolute atomic E-state index is 12.2. The number of benzene rings is 1. The van der Waals surface area contributed by atoms with Crippen molar-refractivity contribution in [2.24, 2.45) is 0 Å². The lowest BCUT2D eigenvalue weighted by molar-refractivity contribution is 0.0790. The van der Waals surface area contributed by atoms with Gasteiger partial charge in [-0.3, -0.25) is 4.79 Å². The summed E-state index contributed by atoms with van der Waals surface area (Å²) < 4.78 is 1.60. The molecule has 0 radical (unpaired) electrons. The second-order valence-corrected chi connectivity index (χ2v) is 5.39. The molecule has 1 heterocycles. The van der Waals surface area contributed by atoms with Crippen LogP contribution >= 0.6 is 23.2 Å². The smallest absolute Gasteiger partial charge is 0.274 e. The van der Waals surface area contributed by atoms with Crippen LogP contribution in [0.1, 0.15) is 10.5 Å². The predicted molar refractivity (Wildman–Crippen MR) is 84.5 cm³/mol. The summed E-state index contributed by atoms with van der Waals surface area (Å²) in [6.45, 7) is 1.35. The molecule has 2 rings (SSSR count). The van der Waals surface area contributed by atoms with E-state index in [2.05, 4.69) is 10.4 Å². The third kappa shape index (κ3) is 3.75. The number of likely N-dealkylation sites (N-methyl/N-ethyl adjacent to an activating group) is 2. The lowest BCUT2D eigenvalue weighted by Crippen LogP contribution is -2.33. The highest BCUT2D eigenvalue weighted by Crippen LogP contribution is 2.24. The van der Waals surface area contributed by atoms with Crippen molar-refractivity contribution in [2.75, 3.05) is 27.2 Å². The van der Waals surface area contributed by atoms with Crippen LogP contribution < -0.4 is 5.32 Å². The van der Waals surface area contributed by atoms with Gasteiger partial charge in [-0.2, -0.15) is 5.10 Å². The molecule has 7 heteroatoms. The number of rotatable bonds is 5. The Morgan fingerprint density at radius 1 is 1.33 bits per heavy atom. The van der Waals surface area contributed by atoms with E-state index in [1.807, 2.05) is 7.05 Å². The minimum atomic E-state index is -0.121. The molecule has 21 heavy (non-hydrogen) atoms. The summed E-state index contributed by atoms with van der Waals surface area (Å²) in [6, 6.07) is 6.87. The van der Waals surface area contributed by atoms with E-state index in [0.29, 0.717) is 22.3 Å². The fourth-order valence-electron chi connectivity index (χ4n) is 1.79. The molecule has 0 saturated carbocycles. The van der Waals surface area contributed by atoms with Gasteiger partial charge in [-0.25, -0.2) is 4.68 Å². The first-order valence-electron chi connectivity index (χ1n) is 6.44. The van der Waals surface area contributed by atoms with Gasteiger partial charge in [0, 0.05) is 26.3 Å². The number of nitrogens with zero attached hydrogens (tertiary/aromatic N) is 3. The first-order chi connectivity index (χ1) is 10.0. The Labute approximate surface area is 133 Å². The average Bonchev–Trinajstić information content (AvgIpc) is 2.96. The van der Waals surface area contributed by atoms with Crippen molar-refractivity contribution in [3.8, 4) is 5.69 Å². The highest BCUT2D eigenvalue weighted by atomic mass is 35.5. The number of carbonyl (C=O) groups excluding carboxylic acids is 1. The van der Waals surface area contributed by atoms with Crippen LogP contribution in [-0.2, 0) is 0 Å². The zero-order valence-corrected chi connectivity index (χ0v) is 13.3. The lowest BCUT2D eigenvalue weighted by atomic mass is 10.3. The Bertz CT molecular complexity index is 642. The van der Waals surface area contributed by atoms with Crippen LogP contribution in [0.5, 0.6) is 0 Å². The molecular weight excluding hydrogens is 311 g/mol. The SMILES string of the molecule is CNCCN(C)C(=O)c1ccn(-c2ccc(Cl)c(Cl)c2)n1. The minimum absolute atomic E-state index is 0.121. The molecule has 5 nitrogen and oxygen atoms in total. The van der Waals surface area contributed by atoms with Crippen LogP contribution in [0.2, 0.25) is 10.0 Å². The van der Waals surface area contributed by atoms with Crippen molar-refractivity contribution in [1.82, 2.24) is 20.0 Å². The fourth-order valence-corrected chi connectivity index (χ4v) is 2.08. The molecule has 2 aromatic rings. The fraction of sp³-hybridized carbons (Fsp3) is 0.286. The van der Waals surface area contributed by atoms with Gasteiger partial charge in [0.1, 0.15) is 0 Å². The molecule has 1 aromatic heterocycles. The van der Waals surface area contributed by atoms with Gasteiger partial charge < -0.3 is 10.2 Å². The summed E-state index contributed by atoms with van der Waals surface area (Å²) in [5, 5.41) is 8.21. The number of aromatic nitrogens is 2. The highest BCUT2D eigenvalue weighted by Gasteiger charge is 2.14. The first-order valence-corrected chi connectivity index (χ1v) is 7.19. The Balaban J connectivity index is 2.17. The number of carbonyl (C=O) groups is 1. The van der Waals surface area contributed by atoms with Gasteiger partial charge in [0.15, 0.2) is 5.69 Å². The van der Waals surface area contributed by atoms with Crippen molar-refractivity contribution < 1.29 is 4.79 Å². The van der Waals surface area contributed by atoms with Crippen LogP contribution in [0.3, 0.4) is 0 Å². The van der Waals surface area contributed by atoms with Gasteiger partial charge in [0.25, 0.3) is 5.91 Å². The van der Waals surface area contributed by atoms with Gasteiger partial charge in [0.2, 0.25) is 0 Å². The summed E-state index contributed by atoms with van der Waals surface area (Å²) in [5.41, 5.74) is 1.14. The monoisotopic (exact) mass is 326 g/mol. The zero-order valence-electron chi connectivity index (χ0n) is 11.8. The molecule has 0 saturated heterocycles. The molecule has 0 aliphatic carbocycles. The molecule has 0 fully saturated rings. The molecule has 1 amide bonds. The molecule has 1 aromatic carbocycles. The second-order valence-electron chi connectivity index (χ2n) is 4.57. The quantitative estimate of drug-likeness (QED) is 0.918. The Kier molecular flexibility index (Phi) is 5.22. The Morgan fingerprint density at radius 2 is 2.10 bits per heavy atom. The molecule has 1 N–H and O–H groups in total. The van der Waals surface area contributed by atoms with Crippen LogP contribution in [0.4, 0.5) is 0 Å². The molecule has 0 spiro atoms. The number of hydrogen-bond acceptors (Lipinski definition) is 3. The van der Waals surface area contributed by atoms with Crippen LogP contribution in [0, 0.1) is 0 Å². The number of amides is 1. The van der Waals surface area contributed by atoms with Crippen LogP contribution in [0.15, 0.2) is 30.5 Å². The van der Waals surface area contributed by atoms with Crippen molar-refractivity contribution in [3.05, 3.63) is 46.2 Å². The first kappa shape index (κ1) is 15.8. The highest BCUT2D eigenvalue weighted by molar-refractivity contribution is 6.42. The number of nitrogens with one attached hydrogen (secondary N) is 1. The topological polar surface area (TPSA) is 50.2 Å². The standard InChI is InChI=1S/C14H16Cl2N4O/c1-17-6-8-19(2)14(21)13-5-7-20(18-13)10-3-4-11(15)12(16)9-10/h3-5,7,9,17H,6,8H2,1-2H3. The maximum Gasteiger partial charge on any atom is 0.274 e. The lowest BCUT2D eigenvalue weighted by Gasteiger charge is -2.15. The van der Waals surface area contributed by atoms with Crippen molar-refractivity contribution in [2.45, 2.75) is 0 Å². The van der Waals surface area contributed by atoms with Crippen molar-refractivity contribution in [3.63, 3.8) is 0 Å². The third-order valence-corrected chi connectivity index (χ3v) is 3.76. The third-order valence-electron chi connectivity index (χ3n) is 3.02. The van der Waals surface area contributed by atoms with E-state index in [4.69, 9.17) is 23.2 Å². The molecule has 0 aliphatic heterocycles. The summed E-state index contributed by atoms with van der Waals surface area (Å²) in [6.07, 6.45) is 1.72. The average molecular weight is 327 g/mol. The summed E-state index contributed by atoms with van der Waals surface area (Å²) >= 11 is 11.9. The molecule has 0 atom stereocenters. The van der Waals surface area contributed by atoms with Crippen LogP contribution in [-0.4, -0.2) is 47.8 Å². The Morgan fingerprint density at radius 3 is 2.76 bits per heavy atom. The minimum Gasteiger partial charge on any atom is -0.339 e. The molecule has 0 aliphatic rings. The van der Waals surface area contributed by atoms with E-state index in [0.717, 1.165) is 12.2 Å². The van der Waals surface area contributed by atoms with E-state index >= 15 is 0 Å². The summed E-state index contributed by atoms with van der Waals surface area (Å²) in [4.78, 5) is 13.8.